The van der Waals surface area contributed by atoms with E-state index in [1.54, 1.807) is 7.11 Å². The quantitative estimate of drug-likeness (QED) is 0.726. The van der Waals surface area contributed by atoms with Gasteiger partial charge in [-0.15, -0.1) is 0 Å². The average molecular weight is 390 g/mol. The van der Waals surface area contributed by atoms with Crippen LogP contribution in [0.1, 0.15) is 24.0 Å². The van der Waals surface area contributed by atoms with Crippen LogP contribution >= 0.6 is 0 Å². The Labute approximate surface area is 170 Å². The SMILES string of the molecule is COc1nc2ccccc2nc1N1CCC[C@H](C(=O)Nc2cc(C)cc(C)c2)C1. The smallest absolute Gasteiger partial charge is 0.257 e. The first-order valence-electron chi connectivity index (χ1n) is 9.98. The van der Waals surface area contributed by atoms with Gasteiger partial charge in [-0.3, -0.25) is 4.79 Å². The van der Waals surface area contributed by atoms with Gasteiger partial charge in [-0.2, -0.15) is 0 Å². The summed E-state index contributed by atoms with van der Waals surface area (Å²) in [7, 11) is 1.61. The summed E-state index contributed by atoms with van der Waals surface area (Å²) in [6.45, 7) is 5.50. The second-order valence-corrected chi connectivity index (χ2v) is 7.70. The van der Waals surface area contributed by atoms with Crippen molar-refractivity contribution < 1.29 is 9.53 Å². The molecule has 1 amide bonds. The third-order valence-corrected chi connectivity index (χ3v) is 5.30. The Hall–Kier alpha value is -3.15. The first kappa shape index (κ1) is 19.2. The average Bonchev–Trinajstić information content (AvgIpc) is 2.72. The number of methoxy groups -OCH3 is 1. The zero-order valence-electron chi connectivity index (χ0n) is 17.1. The maximum absolute atomic E-state index is 12.9. The van der Waals surface area contributed by atoms with Crippen molar-refractivity contribution in [3.05, 3.63) is 53.6 Å². The van der Waals surface area contributed by atoms with Crippen molar-refractivity contribution in [1.29, 1.82) is 0 Å². The summed E-state index contributed by atoms with van der Waals surface area (Å²) in [6, 6.07) is 13.9. The van der Waals surface area contributed by atoms with E-state index in [0.29, 0.717) is 18.2 Å². The van der Waals surface area contributed by atoms with Crippen LogP contribution in [0.5, 0.6) is 5.88 Å². The van der Waals surface area contributed by atoms with E-state index in [1.165, 1.54) is 0 Å². The fourth-order valence-corrected chi connectivity index (χ4v) is 3.99. The first-order chi connectivity index (χ1) is 14.0. The van der Waals surface area contributed by atoms with E-state index in [0.717, 1.165) is 47.2 Å². The number of amides is 1. The van der Waals surface area contributed by atoms with Crippen LogP contribution in [-0.4, -0.2) is 36.1 Å². The molecule has 1 atom stereocenters. The van der Waals surface area contributed by atoms with Gasteiger partial charge in [-0.05, 0) is 62.1 Å². The third-order valence-electron chi connectivity index (χ3n) is 5.30. The largest absolute Gasteiger partial charge is 0.478 e. The molecule has 1 aromatic heterocycles. The summed E-state index contributed by atoms with van der Waals surface area (Å²) < 4.78 is 5.51. The van der Waals surface area contributed by atoms with Gasteiger partial charge in [0.2, 0.25) is 5.91 Å². The second-order valence-electron chi connectivity index (χ2n) is 7.70. The van der Waals surface area contributed by atoms with E-state index in [1.807, 2.05) is 50.2 Å². The molecular formula is C23H26N4O2. The predicted molar refractivity (Wildman–Crippen MR) is 116 cm³/mol. The third kappa shape index (κ3) is 4.16. The molecular weight excluding hydrogens is 364 g/mol. The monoisotopic (exact) mass is 390 g/mol. The molecule has 3 aromatic rings. The van der Waals surface area contributed by atoms with Crippen LogP contribution in [-0.2, 0) is 4.79 Å². The molecule has 1 aliphatic rings. The van der Waals surface area contributed by atoms with Gasteiger partial charge in [0.1, 0.15) is 0 Å². The highest BCUT2D eigenvalue weighted by Gasteiger charge is 2.29. The molecule has 1 aliphatic heterocycles. The lowest BCUT2D eigenvalue weighted by molar-refractivity contribution is -0.120. The van der Waals surface area contributed by atoms with Gasteiger partial charge < -0.3 is 15.0 Å². The number of carbonyl (C=O) groups excluding carboxylic acids is 1. The number of hydrogen-bond acceptors (Lipinski definition) is 5. The molecule has 2 heterocycles. The molecule has 0 spiro atoms. The lowest BCUT2D eigenvalue weighted by atomic mass is 9.97. The molecule has 2 aromatic carbocycles. The molecule has 150 valence electrons. The Morgan fingerprint density at radius 1 is 1.10 bits per heavy atom. The van der Waals surface area contributed by atoms with Crippen LogP contribution in [0.4, 0.5) is 11.5 Å². The van der Waals surface area contributed by atoms with Gasteiger partial charge in [0.25, 0.3) is 5.88 Å². The lowest BCUT2D eigenvalue weighted by Gasteiger charge is -2.33. The Morgan fingerprint density at radius 3 is 2.48 bits per heavy atom. The number of para-hydroxylation sites is 2. The van der Waals surface area contributed by atoms with Crippen LogP contribution in [0.2, 0.25) is 0 Å². The molecule has 6 nitrogen and oxygen atoms in total. The van der Waals surface area contributed by atoms with E-state index in [9.17, 15) is 4.79 Å². The van der Waals surface area contributed by atoms with Crippen LogP contribution < -0.4 is 15.0 Å². The van der Waals surface area contributed by atoms with E-state index in [-0.39, 0.29) is 11.8 Å². The van der Waals surface area contributed by atoms with Crippen LogP contribution in [0, 0.1) is 19.8 Å². The Kier molecular flexibility index (Phi) is 5.34. The minimum atomic E-state index is -0.109. The van der Waals surface area contributed by atoms with Crippen molar-refractivity contribution in [2.24, 2.45) is 5.92 Å². The number of aromatic nitrogens is 2. The molecule has 1 N–H and O–H groups in total. The number of fused-ring (bicyclic) bond motifs is 1. The summed E-state index contributed by atoms with van der Waals surface area (Å²) in [4.78, 5) is 24.4. The van der Waals surface area contributed by atoms with Gasteiger partial charge >= 0.3 is 0 Å². The summed E-state index contributed by atoms with van der Waals surface area (Å²) in [5.41, 5.74) is 4.76. The molecule has 0 saturated carbocycles. The van der Waals surface area contributed by atoms with Gasteiger partial charge in [0, 0.05) is 18.8 Å². The summed E-state index contributed by atoms with van der Waals surface area (Å²) in [5.74, 6) is 1.14. The standard InChI is InChI=1S/C23H26N4O2/c1-15-11-16(2)13-18(12-15)24-22(28)17-7-6-10-27(14-17)21-23(29-3)26-20-9-5-4-8-19(20)25-21/h4-5,8-9,11-13,17H,6-7,10,14H2,1-3H3,(H,24,28)/t17-/m0/s1. The molecule has 1 fully saturated rings. The number of benzene rings is 2. The van der Waals surface area contributed by atoms with Crippen molar-refractivity contribution in [2.75, 3.05) is 30.4 Å². The highest BCUT2D eigenvalue weighted by atomic mass is 16.5. The maximum Gasteiger partial charge on any atom is 0.257 e. The second kappa shape index (κ2) is 8.07. The number of anilines is 2. The van der Waals surface area contributed by atoms with Crippen LogP contribution in [0.3, 0.4) is 0 Å². The molecule has 4 rings (SSSR count). The fraction of sp³-hybridized carbons (Fsp3) is 0.348. The van der Waals surface area contributed by atoms with E-state index >= 15 is 0 Å². The maximum atomic E-state index is 12.9. The predicted octanol–water partition coefficient (Wildman–Crippen LogP) is 4.11. The molecule has 1 saturated heterocycles. The molecule has 0 radical (unpaired) electrons. The van der Waals surface area contributed by atoms with Crippen LogP contribution in [0.25, 0.3) is 11.0 Å². The Bertz CT molecular complexity index is 1030. The summed E-state index contributed by atoms with van der Waals surface area (Å²) in [6.07, 6.45) is 1.78. The number of carbonyl (C=O) groups is 1. The van der Waals surface area contributed by atoms with E-state index in [4.69, 9.17) is 9.72 Å². The van der Waals surface area contributed by atoms with Gasteiger partial charge in [-0.25, -0.2) is 9.97 Å². The van der Waals surface area contributed by atoms with Crippen molar-refractivity contribution >= 4 is 28.4 Å². The van der Waals surface area contributed by atoms with Crippen molar-refractivity contribution in [2.45, 2.75) is 26.7 Å². The van der Waals surface area contributed by atoms with Crippen molar-refractivity contribution in [3.8, 4) is 5.88 Å². The molecule has 0 bridgehead atoms. The van der Waals surface area contributed by atoms with E-state index < -0.39 is 0 Å². The molecule has 0 unspecified atom stereocenters. The van der Waals surface area contributed by atoms with E-state index in [2.05, 4.69) is 21.3 Å². The van der Waals surface area contributed by atoms with Crippen LogP contribution in [0.15, 0.2) is 42.5 Å². The number of aryl methyl sites for hydroxylation is 2. The number of hydrogen-bond donors (Lipinski definition) is 1. The summed E-state index contributed by atoms with van der Waals surface area (Å²) in [5, 5.41) is 3.09. The number of ether oxygens (including phenoxy) is 1. The number of nitrogens with one attached hydrogen (secondary N) is 1. The molecule has 6 heteroatoms. The number of piperidine rings is 1. The minimum absolute atomic E-state index is 0.0485. The lowest BCUT2D eigenvalue weighted by Crippen LogP contribution is -2.41. The first-order valence-corrected chi connectivity index (χ1v) is 9.98. The zero-order valence-corrected chi connectivity index (χ0v) is 17.1. The normalized spacial score (nSPS) is 16.7. The Morgan fingerprint density at radius 2 is 1.79 bits per heavy atom. The van der Waals surface area contributed by atoms with Gasteiger partial charge in [0.15, 0.2) is 5.82 Å². The molecule has 29 heavy (non-hydrogen) atoms. The Balaban J connectivity index is 1.55. The minimum Gasteiger partial charge on any atom is -0.478 e. The van der Waals surface area contributed by atoms with Gasteiger partial charge in [0.05, 0.1) is 24.1 Å². The van der Waals surface area contributed by atoms with Crippen molar-refractivity contribution in [1.82, 2.24) is 9.97 Å². The molecule has 0 aliphatic carbocycles. The van der Waals surface area contributed by atoms with Crippen molar-refractivity contribution in [3.63, 3.8) is 0 Å². The highest BCUT2D eigenvalue weighted by Crippen LogP contribution is 2.30. The van der Waals surface area contributed by atoms with Gasteiger partial charge in [-0.1, -0.05) is 18.2 Å². The zero-order chi connectivity index (χ0) is 20.4. The fourth-order valence-electron chi connectivity index (χ4n) is 3.99. The number of nitrogens with zero attached hydrogens (tertiary/aromatic N) is 3. The topological polar surface area (TPSA) is 67.4 Å². The highest BCUT2D eigenvalue weighted by molar-refractivity contribution is 5.93. The number of rotatable bonds is 4. The summed E-state index contributed by atoms with van der Waals surface area (Å²) >= 11 is 0.